The van der Waals surface area contributed by atoms with Crippen LogP contribution in [0, 0.1) is 19.8 Å². The van der Waals surface area contributed by atoms with Crippen molar-refractivity contribution in [1.29, 1.82) is 0 Å². The van der Waals surface area contributed by atoms with Crippen LogP contribution >= 0.6 is 0 Å². The maximum absolute atomic E-state index is 12.3. The molecule has 134 valence electrons. The van der Waals surface area contributed by atoms with Crippen LogP contribution in [0.1, 0.15) is 29.7 Å². The Morgan fingerprint density at radius 3 is 2.60 bits per heavy atom. The zero-order valence-corrected chi connectivity index (χ0v) is 15.1. The van der Waals surface area contributed by atoms with Crippen molar-refractivity contribution in [3.8, 4) is 0 Å². The van der Waals surface area contributed by atoms with Crippen molar-refractivity contribution < 1.29 is 0 Å². The molecule has 25 heavy (non-hydrogen) atoms. The molecule has 3 heterocycles. The van der Waals surface area contributed by atoms with Crippen LogP contribution in [0.4, 0.5) is 0 Å². The number of aryl methyl sites for hydroxylation is 2. The van der Waals surface area contributed by atoms with Gasteiger partial charge in [0.05, 0.1) is 12.5 Å². The summed E-state index contributed by atoms with van der Waals surface area (Å²) < 4.78 is 3.08. The van der Waals surface area contributed by atoms with Crippen LogP contribution in [0.2, 0.25) is 0 Å². The molecule has 2 aromatic rings. The van der Waals surface area contributed by atoms with Crippen LogP contribution < -0.4 is 11.1 Å². The van der Waals surface area contributed by atoms with Gasteiger partial charge in [0.1, 0.15) is 0 Å². The lowest BCUT2D eigenvalue weighted by Gasteiger charge is -2.32. The molecule has 0 saturated carbocycles. The molecule has 0 atom stereocenters. The average molecular weight is 343 g/mol. The van der Waals surface area contributed by atoms with Gasteiger partial charge in [-0.05, 0) is 51.3 Å². The lowest BCUT2D eigenvalue weighted by Crippen LogP contribution is -2.36. The third kappa shape index (κ3) is 4.04. The second-order valence-corrected chi connectivity index (χ2v) is 6.96. The van der Waals surface area contributed by atoms with E-state index < -0.39 is 0 Å². The smallest absolute Gasteiger partial charge is 0.266 e. The molecule has 0 bridgehead atoms. The second-order valence-electron chi connectivity index (χ2n) is 6.96. The maximum atomic E-state index is 12.3. The van der Waals surface area contributed by atoms with E-state index >= 15 is 0 Å². The van der Waals surface area contributed by atoms with Gasteiger partial charge >= 0.3 is 0 Å². The molecule has 3 rings (SSSR count). The van der Waals surface area contributed by atoms with E-state index in [1.807, 2.05) is 13.8 Å². The Morgan fingerprint density at radius 1 is 1.20 bits per heavy atom. The van der Waals surface area contributed by atoms with Crippen molar-refractivity contribution in [2.75, 3.05) is 13.1 Å². The number of aromatic nitrogens is 4. The molecule has 0 N–H and O–H groups in total. The summed E-state index contributed by atoms with van der Waals surface area (Å²) in [5.74, 6) is 0.486. The van der Waals surface area contributed by atoms with Gasteiger partial charge in [0.2, 0.25) is 0 Å². The third-order valence-corrected chi connectivity index (χ3v) is 5.11. The van der Waals surface area contributed by atoms with Gasteiger partial charge in [-0.3, -0.25) is 19.1 Å². The monoisotopic (exact) mass is 343 g/mol. The van der Waals surface area contributed by atoms with E-state index in [4.69, 9.17) is 0 Å². The first kappa shape index (κ1) is 17.5. The van der Waals surface area contributed by atoms with Crippen LogP contribution in [0.15, 0.2) is 28.2 Å². The Labute approximate surface area is 146 Å². The van der Waals surface area contributed by atoms with Crippen molar-refractivity contribution in [1.82, 2.24) is 24.2 Å². The molecule has 0 amide bonds. The van der Waals surface area contributed by atoms with Gasteiger partial charge in [0.15, 0.2) is 0 Å². The lowest BCUT2D eigenvalue weighted by molar-refractivity contribution is 0.166. The Kier molecular flexibility index (Phi) is 5.13. The highest BCUT2D eigenvalue weighted by Gasteiger charge is 2.20. The summed E-state index contributed by atoms with van der Waals surface area (Å²) in [6, 6.07) is 1.65. The molecule has 0 aromatic carbocycles. The van der Waals surface area contributed by atoms with E-state index in [1.54, 1.807) is 30.2 Å². The number of piperidine rings is 1. The molecule has 1 aliphatic rings. The van der Waals surface area contributed by atoms with Crippen LogP contribution in [0.25, 0.3) is 0 Å². The third-order valence-electron chi connectivity index (χ3n) is 5.11. The molecule has 7 heteroatoms. The SMILES string of the molecule is Cc1ncn(CC2CCN(Cc3cnn(C)c(=O)c3)CC2)c(=O)c1C. The van der Waals surface area contributed by atoms with E-state index in [0.29, 0.717) is 5.92 Å². The number of rotatable bonds is 4. The number of hydrogen-bond donors (Lipinski definition) is 0. The van der Waals surface area contributed by atoms with Gasteiger partial charge in [-0.2, -0.15) is 5.10 Å². The average Bonchev–Trinajstić information content (AvgIpc) is 2.60. The van der Waals surface area contributed by atoms with Crippen LogP contribution in [0.5, 0.6) is 0 Å². The number of hydrogen-bond acceptors (Lipinski definition) is 5. The summed E-state index contributed by atoms with van der Waals surface area (Å²) in [6.45, 7) is 7.11. The van der Waals surface area contributed by atoms with Gasteiger partial charge in [-0.25, -0.2) is 9.67 Å². The molecule has 1 saturated heterocycles. The summed E-state index contributed by atoms with van der Waals surface area (Å²) in [6.07, 6.45) is 5.51. The highest BCUT2D eigenvalue weighted by atomic mass is 16.1. The van der Waals surface area contributed by atoms with Gasteiger partial charge < -0.3 is 0 Å². The molecule has 1 aliphatic heterocycles. The first-order valence-corrected chi connectivity index (χ1v) is 8.71. The minimum absolute atomic E-state index is 0.0705. The standard InChI is InChI=1S/C18H25N5O2/c1-13-14(2)19-12-23(18(13)25)11-15-4-6-22(7-5-15)10-16-8-17(24)21(3)20-9-16/h8-9,12,15H,4-7,10-11H2,1-3H3. The minimum atomic E-state index is -0.0750. The summed E-state index contributed by atoms with van der Waals surface area (Å²) in [7, 11) is 1.65. The van der Waals surface area contributed by atoms with Gasteiger partial charge in [0, 0.05) is 37.5 Å². The minimum Gasteiger partial charge on any atom is -0.299 e. The summed E-state index contributed by atoms with van der Waals surface area (Å²) in [5.41, 5.74) is 2.49. The molecule has 0 aliphatic carbocycles. The number of likely N-dealkylation sites (tertiary alicyclic amines) is 1. The Morgan fingerprint density at radius 2 is 1.92 bits per heavy atom. The first-order valence-electron chi connectivity index (χ1n) is 8.71. The molecule has 0 radical (unpaired) electrons. The molecule has 2 aromatic heterocycles. The van der Waals surface area contributed by atoms with Crippen LogP contribution in [-0.4, -0.2) is 37.3 Å². The van der Waals surface area contributed by atoms with Crippen molar-refractivity contribution in [3.63, 3.8) is 0 Å². The molecular formula is C18H25N5O2. The normalized spacial score (nSPS) is 16.3. The van der Waals surface area contributed by atoms with Crippen LogP contribution in [0.3, 0.4) is 0 Å². The second kappa shape index (κ2) is 7.31. The summed E-state index contributed by atoms with van der Waals surface area (Å²) in [4.78, 5) is 30.6. The van der Waals surface area contributed by atoms with Crippen molar-refractivity contribution in [2.24, 2.45) is 13.0 Å². The lowest BCUT2D eigenvalue weighted by atomic mass is 9.96. The summed E-state index contributed by atoms with van der Waals surface area (Å²) >= 11 is 0. The van der Waals surface area contributed by atoms with E-state index in [0.717, 1.165) is 55.8 Å². The zero-order valence-electron chi connectivity index (χ0n) is 15.1. The number of nitrogens with zero attached hydrogens (tertiary/aromatic N) is 5. The first-order chi connectivity index (χ1) is 11.9. The maximum Gasteiger partial charge on any atom is 0.266 e. The van der Waals surface area contributed by atoms with E-state index in [-0.39, 0.29) is 11.1 Å². The van der Waals surface area contributed by atoms with E-state index in [1.165, 1.54) is 4.68 Å². The zero-order chi connectivity index (χ0) is 18.0. The van der Waals surface area contributed by atoms with Gasteiger partial charge in [-0.15, -0.1) is 0 Å². The van der Waals surface area contributed by atoms with Gasteiger partial charge in [-0.1, -0.05) is 0 Å². The molecular weight excluding hydrogens is 318 g/mol. The van der Waals surface area contributed by atoms with Crippen molar-refractivity contribution >= 4 is 0 Å². The largest absolute Gasteiger partial charge is 0.299 e. The highest BCUT2D eigenvalue weighted by Crippen LogP contribution is 2.20. The highest BCUT2D eigenvalue weighted by molar-refractivity contribution is 5.12. The van der Waals surface area contributed by atoms with Crippen LogP contribution in [-0.2, 0) is 20.1 Å². The molecule has 0 spiro atoms. The molecule has 1 fully saturated rings. The van der Waals surface area contributed by atoms with E-state index in [9.17, 15) is 9.59 Å². The van der Waals surface area contributed by atoms with E-state index in [2.05, 4.69) is 15.0 Å². The van der Waals surface area contributed by atoms with Gasteiger partial charge in [0.25, 0.3) is 11.1 Å². The Balaban J connectivity index is 1.57. The van der Waals surface area contributed by atoms with Crippen molar-refractivity contribution in [2.45, 2.75) is 39.8 Å². The van der Waals surface area contributed by atoms with Crippen molar-refractivity contribution in [3.05, 3.63) is 56.1 Å². The quantitative estimate of drug-likeness (QED) is 0.823. The molecule has 7 nitrogen and oxygen atoms in total. The fourth-order valence-corrected chi connectivity index (χ4v) is 3.26. The predicted octanol–water partition coefficient (Wildman–Crippen LogP) is 0.866. The Bertz CT molecular complexity index is 863. The predicted molar refractivity (Wildman–Crippen MR) is 95.5 cm³/mol. The Hall–Kier alpha value is -2.28. The fraction of sp³-hybridized carbons (Fsp3) is 0.556. The fourth-order valence-electron chi connectivity index (χ4n) is 3.26. The topological polar surface area (TPSA) is 73.0 Å². The molecule has 0 unspecified atom stereocenters. The summed E-state index contributed by atoms with van der Waals surface area (Å²) in [5, 5.41) is 4.07.